The van der Waals surface area contributed by atoms with E-state index < -0.39 is 45.9 Å². The lowest BCUT2D eigenvalue weighted by Crippen LogP contribution is -2.55. The molecule has 0 bridgehead atoms. The lowest BCUT2D eigenvalue weighted by atomic mass is 9.91. The zero-order valence-corrected chi connectivity index (χ0v) is 21.7. The minimum absolute atomic E-state index is 0.0290. The third kappa shape index (κ3) is 6.67. The predicted octanol–water partition coefficient (Wildman–Crippen LogP) is 6.59. The maximum Gasteiger partial charge on any atom is 0.430 e. The van der Waals surface area contributed by atoms with E-state index in [-0.39, 0.29) is 34.2 Å². The zero-order valence-electron chi connectivity index (χ0n) is 20.9. The van der Waals surface area contributed by atoms with Gasteiger partial charge in [0.1, 0.15) is 0 Å². The summed E-state index contributed by atoms with van der Waals surface area (Å²) in [6.07, 6.45) is -10.1. The van der Waals surface area contributed by atoms with Crippen molar-refractivity contribution in [1.29, 1.82) is 0 Å². The van der Waals surface area contributed by atoms with E-state index in [0.717, 1.165) is 25.0 Å². The summed E-state index contributed by atoms with van der Waals surface area (Å²) in [4.78, 5) is 12.6. The van der Waals surface area contributed by atoms with Gasteiger partial charge in [-0.1, -0.05) is 54.6 Å². The minimum atomic E-state index is -5.84. The lowest BCUT2D eigenvalue weighted by Gasteiger charge is -2.37. The molecule has 1 amide bonds. The number of alkyl halides is 6. The molecule has 1 aliphatic rings. The normalized spacial score (nSPS) is 14.7. The number of halogens is 6. The Hall–Kier alpha value is -3.38. The van der Waals surface area contributed by atoms with Crippen molar-refractivity contribution in [2.75, 3.05) is 11.1 Å². The summed E-state index contributed by atoms with van der Waals surface area (Å²) in [6.45, 7) is -0.945. The maximum atomic E-state index is 14.0. The Morgan fingerprint density at radius 2 is 1.38 bits per heavy atom. The number of ether oxygens (including phenoxy) is 1. The number of rotatable bonds is 10. The van der Waals surface area contributed by atoms with Crippen LogP contribution < -0.4 is 5.32 Å². The highest BCUT2D eigenvalue weighted by molar-refractivity contribution is 7.91. The van der Waals surface area contributed by atoms with Gasteiger partial charge in [0.05, 0.1) is 23.7 Å². The third-order valence-corrected chi connectivity index (χ3v) is 8.37. The van der Waals surface area contributed by atoms with Crippen LogP contribution in [0.5, 0.6) is 0 Å². The van der Waals surface area contributed by atoms with Crippen LogP contribution in [-0.2, 0) is 38.0 Å². The summed E-state index contributed by atoms with van der Waals surface area (Å²) in [6, 6.07) is 16.0. The van der Waals surface area contributed by atoms with Gasteiger partial charge in [-0.05, 0) is 54.2 Å². The van der Waals surface area contributed by atoms with Crippen LogP contribution in [0.3, 0.4) is 0 Å². The molecule has 40 heavy (non-hydrogen) atoms. The number of nitrogens with one attached hydrogen (secondary N) is 1. The van der Waals surface area contributed by atoms with Gasteiger partial charge in [-0.3, -0.25) is 4.79 Å². The number of sulfone groups is 1. The van der Waals surface area contributed by atoms with Crippen LogP contribution in [0.4, 0.5) is 32.0 Å². The second kappa shape index (κ2) is 11.2. The van der Waals surface area contributed by atoms with Gasteiger partial charge in [-0.15, -0.1) is 0 Å². The molecule has 0 atom stereocenters. The maximum absolute atomic E-state index is 14.0. The number of hydrogen-bond donors (Lipinski definition) is 1. The first-order valence-electron chi connectivity index (χ1n) is 12.2. The van der Waals surface area contributed by atoms with Crippen molar-refractivity contribution in [1.82, 2.24) is 0 Å². The first-order chi connectivity index (χ1) is 18.7. The first kappa shape index (κ1) is 29.6. The van der Waals surface area contributed by atoms with E-state index in [9.17, 15) is 39.6 Å². The second-order valence-electron chi connectivity index (χ2n) is 9.62. The fraction of sp³-hybridized carbons (Fsp3) is 0.321. The largest absolute Gasteiger partial charge is 0.430 e. The number of anilines is 1. The Bertz CT molecular complexity index is 1400. The van der Waals surface area contributed by atoms with Crippen LogP contribution >= 0.6 is 0 Å². The van der Waals surface area contributed by atoms with Gasteiger partial charge in [0.2, 0.25) is 5.91 Å². The molecule has 0 aromatic heterocycles. The Kier molecular flexibility index (Phi) is 8.32. The second-order valence-corrected chi connectivity index (χ2v) is 11.7. The van der Waals surface area contributed by atoms with Gasteiger partial charge in [0.25, 0.3) is 5.60 Å². The highest BCUT2D eigenvalue weighted by atomic mass is 32.2. The molecule has 5 nitrogen and oxygen atoms in total. The van der Waals surface area contributed by atoms with E-state index in [1.54, 1.807) is 6.07 Å². The molecule has 0 heterocycles. The number of hydrogen-bond acceptors (Lipinski definition) is 4. The molecule has 0 aliphatic heterocycles. The van der Waals surface area contributed by atoms with Gasteiger partial charge in [0.15, 0.2) is 9.84 Å². The van der Waals surface area contributed by atoms with Crippen molar-refractivity contribution in [3.8, 4) is 0 Å². The summed E-state index contributed by atoms with van der Waals surface area (Å²) >= 11 is 0. The van der Waals surface area contributed by atoms with Crippen LogP contribution in [0.2, 0.25) is 0 Å². The Morgan fingerprint density at radius 3 is 1.90 bits per heavy atom. The molecule has 12 heteroatoms. The molecular weight excluding hydrogens is 560 g/mol. The van der Waals surface area contributed by atoms with Gasteiger partial charge in [0, 0.05) is 11.3 Å². The van der Waals surface area contributed by atoms with Crippen molar-refractivity contribution >= 4 is 21.4 Å². The Balaban J connectivity index is 1.47. The fourth-order valence-electron chi connectivity index (χ4n) is 4.19. The van der Waals surface area contributed by atoms with E-state index in [1.807, 2.05) is 0 Å². The minimum Gasteiger partial charge on any atom is -0.349 e. The summed E-state index contributed by atoms with van der Waals surface area (Å²) in [5, 5.41) is 2.42. The monoisotopic (exact) mass is 585 g/mol. The van der Waals surface area contributed by atoms with E-state index in [0.29, 0.717) is 17.7 Å². The number of carbonyl (C=O) groups is 1. The quantitative estimate of drug-likeness (QED) is 0.273. The highest BCUT2D eigenvalue weighted by Crippen LogP contribution is 2.53. The van der Waals surface area contributed by atoms with Crippen molar-refractivity contribution < 1.29 is 44.3 Å². The van der Waals surface area contributed by atoms with E-state index in [1.165, 1.54) is 48.5 Å². The van der Waals surface area contributed by atoms with Gasteiger partial charge in [-0.25, -0.2) is 8.42 Å². The van der Waals surface area contributed by atoms with E-state index in [4.69, 9.17) is 0 Å². The number of amides is 1. The molecule has 1 fully saturated rings. The van der Waals surface area contributed by atoms with Crippen molar-refractivity contribution in [3.63, 3.8) is 0 Å². The van der Waals surface area contributed by atoms with Crippen LogP contribution in [0.25, 0.3) is 0 Å². The summed E-state index contributed by atoms with van der Waals surface area (Å²) in [7, 11) is -3.42. The lowest BCUT2D eigenvalue weighted by molar-refractivity contribution is -0.392. The standard InChI is InChI=1S/C28H25F6NO4S/c29-27(30,31)26(28(32,33)34,39-17-20-4-2-1-3-5-20)22-10-12-23(13-11-22)35-25(36)16-19-8-14-24(15-9-19)40(37,38)18-21-6-7-21/h1-5,8-15,21H,6-7,16-18H2,(H,35,36). The van der Waals surface area contributed by atoms with Gasteiger partial charge < -0.3 is 10.1 Å². The molecule has 0 saturated heterocycles. The molecule has 3 aromatic rings. The molecule has 0 spiro atoms. The fourth-order valence-corrected chi connectivity index (χ4v) is 5.88. The molecule has 4 rings (SSSR count). The van der Waals surface area contributed by atoms with Crippen LogP contribution in [0.15, 0.2) is 83.8 Å². The number of benzene rings is 3. The van der Waals surface area contributed by atoms with Crippen molar-refractivity contribution in [2.24, 2.45) is 5.92 Å². The molecular formula is C28H25F6NO4S. The topological polar surface area (TPSA) is 72.5 Å². The molecule has 1 aliphatic carbocycles. The zero-order chi connectivity index (χ0) is 29.2. The molecule has 1 saturated carbocycles. The van der Waals surface area contributed by atoms with Crippen LogP contribution in [0.1, 0.15) is 29.5 Å². The van der Waals surface area contributed by atoms with Crippen LogP contribution in [0, 0.1) is 5.92 Å². The van der Waals surface area contributed by atoms with Gasteiger partial charge in [-0.2, -0.15) is 26.3 Å². The van der Waals surface area contributed by atoms with Crippen molar-refractivity contribution in [3.05, 3.63) is 95.6 Å². The van der Waals surface area contributed by atoms with Crippen LogP contribution in [-0.4, -0.2) is 32.4 Å². The van der Waals surface area contributed by atoms with Gasteiger partial charge >= 0.3 is 12.4 Å². The molecule has 3 aromatic carbocycles. The Labute approximate surface area is 227 Å². The first-order valence-corrected chi connectivity index (χ1v) is 13.9. The smallest absolute Gasteiger partial charge is 0.349 e. The van der Waals surface area contributed by atoms with E-state index in [2.05, 4.69) is 10.1 Å². The van der Waals surface area contributed by atoms with E-state index >= 15 is 0 Å². The molecule has 0 unspecified atom stereocenters. The molecule has 214 valence electrons. The highest BCUT2D eigenvalue weighted by Gasteiger charge is 2.73. The average molecular weight is 586 g/mol. The SMILES string of the molecule is O=C(Cc1ccc(S(=O)(=O)CC2CC2)cc1)Nc1ccc(C(OCc2ccccc2)(C(F)(F)F)C(F)(F)F)cc1. The number of carbonyl (C=O) groups excluding carboxylic acids is 1. The Morgan fingerprint density at radius 1 is 0.800 bits per heavy atom. The summed E-state index contributed by atoms with van der Waals surface area (Å²) in [5.74, 6) is -0.348. The summed E-state index contributed by atoms with van der Waals surface area (Å²) in [5.41, 5.74) is -5.22. The van der Waals surface area contributed by atoms with Crippen molar-refractivity contribution in [2.45, 2.75) is 48.7 Å². The summed E-state index contributed by atoms with van der Waals surface area (Å²) < 4.78 is 114. The molecule has 0 radical (unpaired) electrons. The third-order valence-electron chi connectivity index (χ3n) is 6.47. The average Bonchev–Trinajstić information content (AvgIpc) is 3.68. The predicted molar refractivity (Wildman–Crippen MR) is 135 cm³/mol. The molecule has 1 N–H and O–H groups in total.